The molecule has 0 aliphatic heterocycles. The first-order chi connectivity index (χ1) is 13.7. The second-order valence-electron chi connectivity index (χ2n) is 5.87. The van der Waals surface area contributed by atoms with E-state index in [4.69, 9.17) is 14.2 Å². The summed E-state index contributed by atoms with van der Waals surface area (Å²) < 4.78 is 16.4. The molecule has 0 aliphatic carbocycles. The van der Waals surface area contributed by atoms with E-state index in [2.05, 4.69) is 0 Å². The summed E-state index contributed by atoms with van der Waals surface area (Å²) in [5.41, 5.74) is 0.765. The molecular formula is C23H20O5. The van der Waals surface area contributed by atoms with Gasteiger partial charge in [0.1, 0.15) is 30.3 Å². The fourth-order valence-electron chi connectivity index (χ4n) is 2.51. The summed E-state index contributed by atoms with van der Waals surface area (Å²) in [6.45, 7) is 0.274. The monoisotopic (exact) mass is 376 g/mol. The molecule has 5 nitrogen and oxygen atoms in total. The van der Waals surface area contributed by atoms with Gasteiger partial charge in [-0.2, -0.15) is 0 Å². The van der Waals surface area contributed by atoms with Gasteiger partial charge in [0, 0.05) is 5.56 Å². The zero-order valence-electron chi connectivity index (χ0n) is 15.2. The van der Waals surface area contributed by atoms with Crippen LogP contribution in [0, 0.1) is 0 Å². The fourth-order valence-corrected chi connectivity index (χ4v) is 2.51. The first-order valence-electron chi connectivity index (χ1n) is 8.89. The molecule has 0 aromatic heterocycles. The van der Waals surface area contributed by atoms with E-state index < -0.39 is 5.97 Å². The van der Waals surface area contributed by atoms with E-state index in [1.165, 1.54) is 0 Å². The van der Waals surface area contributed by atoms with Gasteiger partial charge in [-0.1, -0.05) is 60.7 Å². The summed E-state index contributed by atoms with van der Waals surface area (Å²) in [6.07, 6.45) is 0. The van der Waals surface area contributed by atoms with Crippen LogP contribution in [0.3, 0.4) is 0 Å². The van der Waals surface area contributed by atoms with Gasteiger partial charge < -0.3 is 14.2 Å². The van der Waals surface area contributed by atoms with Gasteiger partial charge >= 0.3 is 5.97 Å². The van der Waals surface area contributed by atoms with E-state index in [-0.39, 0.29) is 24.6 Å². The number of carbonyl (C=O) groups is 2. The molecule has 3 aromatic carbocycles. The van der Waals surface area contributed by atoms with Crippen LogP contribution < -0.4 is 9.47 Å². The Bertz CT molecular complexity index is 907. The summed E-state index contributed by atoms with van der Waals surface area (Å²) in [5.74, 6) is 0.266. The van der Waals surface area contributed by atoms with Crippen LogP contribution in [-0.4, -0.2) is 31.6 Å². The van der Waals surface area contributed by atoms with Gasteiger partial charge in [-0.25, -0.2) is 4.79 Å². The van der Waals surface area contributed by atoms with Gasteiger partial charge in [0.2, 0.25) is 0 Å². The molecule has 28 heavy (non-hydrogen) atoms. The summed E-state index contributed by atoms with van der Waals surface area (Å²) in [6, 6.07) is 24.8. The van der Waals surface area contributed by atoms with E-state index in [0.29, 0.717) is 17.9 Å². The minimum atomic E-state index is -0.608. The predicted molar refractivity (Wildman–Crippen MR) is 105 cm³/mol. The van der Waals surface area contributed by atoms with Gasteiger partial charge in [-0.3, -0.25) is 4.79 Å². The van der Waals surface area contributed by atoms with Gasteiger partial charge in [0.05, 0.1) is 0 Å². The molecule has 0 atom stereocenters. The average Bonchev–Trinajstić information content (AvgIpc) is 2.76. The summed E-state index contributed by atoms with van der Waals surface area (Å²) in [7, 11) is 0. The van der Waals surface area contributed by atoms with Crippen molar-refractivity contribution >= 4 is 11.8 Å². The minimum absolute atomic E-state index is 0.261. The highest BCUT2D eigenvalue weighted by molar-refractivity contribution is 5.99. The molecule has 0 amide bonds. The molecule has 0 N–H and O–H groups in total. The molecule has 0 heterocycles. The standard InChI is InChI=1S/C23H20O5/c24-21(18-9-3-1-4-10-18)17-28-23(25)20-13-7-8-14-22(20)27-16-15-26-19-11-5-2-6-12-19/h1-14H,15-17H2. The highest BCUT2D eigenvalue weighted by Gasteiger charge is 2.16. The van der Waals surface area contributed by atoms with Crippen molar-refractivity contribution in [2.24, 2.45) is 0 Å². The van der Waals surface area contributed by atoms with Gasteiger partial charge in [-0.05, 0) is 24.3 Å². The number of para-hydroxylation sites is 2. The summed E-state index contributed by atoms with van der Waals surface area (Å²) in [4.78, 5) is 24.5. The Kier molecular flexibility index (Phi) is 6.79. The minimum Gasteiger partial charge on any atom is -0.490 e. The molecule has 3 aromatic rings. The lowest BCUT2D eigenvalue weighted by Gasteiger charge is -2.12. The van der Waals surface area contributed by atoms with Crippen LogP contribution >= 0.6 is 0 Å². The zero-order valence-corrected chi connectivity index (χ0v) is 15.2. The molecule has 0 saturated carbocycles. The highest BCUT2D eigenvalue weighted by Crippen LogP contribution is 2.19. The molecule has 3 rings (SSSR count). The molecule has 0 fully saturated rings. The zero-order chi connectivity index (χ0) is 19.6. The Balaban J connectivity index is 1.52. The van der Waals surface area contributed by atoms with Crippen molar-refractivity contribution in [3.05, 3.63) is 96.1 Å². The fraction of sp³-hybridized carbons (Fsp3) is 0.130. The van der Waals surface area contributed by atoms with Crippen LogP contribution in [0.1, 0.15) is 20.7 Å². The van der Waals surface area contributed by atoms with Crippen molar-refractivity contribution in [2.45, 2.75) is 0 Å². The number of carbonyl (C=O) groups excluding carboxylic acids is 2. The van der Waals surface area contributed by atoms with Crippen molar-refractivity contribution in [2.75, 3.05) is 19.8 Å². The first kappa shape index (κ1) is 19.2. The second kappa shape index (κ2) is 9.92. The number of esters is 1. The van der Waals surface area contributed by atoms with Crippen LogP contribution in [0.25, 0.3) is 0 Å². The summed E-state index contributed by atoms with van der Waals surface area (Å²) in [5, 5.41) is 0. The summed E-state index contributed by atoms with van der Waals surface area (Å²) >= 11 is 0. The lowest BCUT2D eigenvalue weighted by molar-refractivity contribution is 0.0470. The molecule has 0 aliphatic rings. The molecule has 0 unspecified atom stereocenters. The van der Waals surface area contributed by atoms with Crippen molar-refractivity contribution in [3.63, 3.8) is 0 Å². The molecule has 0 saturated heterocycles. The SMILES string of the molecule is O=C(COC(=O)c1ccccc1OCCOc1ccccc1)c1ccccc1. The third kappa shape index (κ3) is 5.45. The highest BCUT2D eigenvalue weighted by atomic mass is 16.5. The third-order valence-electron chi connectivity index (χ3n) is 3.89. The number of benzene rings is 3. The van der Waals surface area contributed by atoms with E-state index in [0.717, 1.165) is 5.75 Å². The molecule has 0 radical (unpaired) electrons. The van der Waals surface area contributed by atoms with Crippen LogP contribution in [0.4, 0.5) is 0 Å². The van der Waals surface area contributed by atoms with Crippen LogP contribution in [0.5, 0.6) is 11.5 Å². The molecule has 0 spiro atoms. The van der Waals surface area contributed by atoms with E-state index in [1.807, 2.05) is 36.4 Å². The number of ketones is 1. The molecule has 5 heteroatoms. The number of Topliss-reactive ketones (excluding diaryl/α,β-unsaturated/α-hetero) is 1. The van der Waals surface area contributed by atoms with E-state index in [1.54, 1.807) is 48.5 Å². The van der Waals surface area contributed by atoms with Gasteiger partial charge in [0.15, 0.2) is 12.4 Å². The lowest BCUT2D eigenvalue weighted by Crippen LogP contribution is -2.16. The topological polar surface area (TPSA) is 61.8 Å². The Morgan fingerprint density at radius 3 is 2.04 bits per heavy atom. The van der Waals surface area contributed by atoms with Crippen molar-refractivity contribution in [1.82, 2.24) is 0 Å². The van der Waals surface area contributed by atoms with E-state index in [9.17, 15) is 9.59 Å². The lowest BCUT2D eigenvalue weighted by atomic mass is 10.1. The predicted octanol–water partition coefficient (Wildman–Crippen LogP) is 4.18. The van der Waals surface area contributed by atoms with E-state index >= 15 is 0 Å². The molecule has 0 bridgehead atoms. The maximum absolute atomic E-state index is 12.4. The average molecular weight is 376 g/mol. The maximum Gasteiger partial charge on any atom is 0.342 e. The smallest absolute Gasteiger partial charge is 0.342 e. The Morgan fingerprint density at radius 1 is 0.679 bits per heavy atom. The van der Waals surface area contributed by atoms with Gasteiger partial charge in [-0.15, -0.1) is 0 Å². The maximum atomic E-state index is 12.4. The first-order valence-corrected chi connectivity index (χ1v) is 8.89. The van der Waals surface area contributed by atoms with Crippen molar-refractivity contribution < 1.29 is 23.8 Å². The number of hydrogen-bond donors (Lipinski definition) is 0. The van der Waals surface area contributed by atoms with Crippen LogP contribution in [0.2, 0.25) is 0 Å². The molecular weight excluding hydrogens is 356 g/mol. The quantitative estimate of drug-likeness (QED) is 0.318. The Labute approximate surface area is 163 Å². The van der Waals surface area contributed by atoms with Crippen molar-refractivity contribution in [3.8, 4) is 11.5 Å². The third-order valence-corrected chi connectivity index (χ3v) is 3.89. The van der Waals surface area contributed by atoms with Crippen molar-refractivity contribution in [1.29, 1.82) is 0 Å². The van der Waals surface area contributed by atoms with Crippen LogP contribution in [0.15, 0.2) is 84.9 Å². The number of rotatable bonds is 9. The Morgan fingerprint density at radius 2 is 1.29 bits per heavy atom. The largest absolute Gasteiger partial charge is 0.490 e. The number of hydrogen-bond acceptors (Lipinski definition) is 5. The number of ether oxygens (including phenoxy) is 3. The van der Waals surface area contributed by atoms with Gasteiger partial charge in [0.25, 0.3) is 0 Å². The molecule has 142 valence electrons. The van der Waals surface area contributed by atoms with Crippen LogP contribution in [-0.2, 0) is 4.74 Å². The second-order valence-corrected chi connectivity index (χ2v) is 5.87. The normalized spacial score (nSPS) is 10.1. The Hall–Kier alpha value is -3.60.